The van der Waals surface area contributed by atoms with Gasteiger partial charge in [-0.25, -0.2) is 4.79 Å². The first-order chi connectivity index (χ1) is 9.60. The van der Waals surface area contributed by atoms with Gasteiger partial charge in [0.1, 0.15) is 5.75 Å². The number of ether oxygens (including phenoxy) is 2. The van der Waals surface area contributed by atoms with Crippen LogP contribution in [-0.2, 0) is 4.74 Å². The van der Waals surface area contributed by atoms with E-state index in [9.17, 15) is 4.79 Å². The molecule has 0 N–H and O–H groups in total. The lowest BCUT2D eigenvalue weighted by molar-refractivity contribution is 0.0526. The van der Waals surface area contributed by atoms with Crippen LogP contribution in [0.25, 0.3) is 0 Å². The smallest absolute Gasteiger partial charge is 0.338 e. The van der Waals surface area contributed by atoms with E-state index < -0.39 is 0 Å². The Bertz CT molecular complexity index is 618. The van der Waals surface area contributed by atoms with Crippen molar-refractivity contribution in [1.82, 2.24) is 10.2 Å². The fourth-order valence-corrected chi connectivity index (χ4v) is 1.68. The van der Waals surface area contributed by atoms with E-state index in [1.54, 1.807) is 31.2 Å². The van der Waals surface area contributed by atoms with E-state index in [0.29, 0.717) is 17.9 Å². The van der Waals surface area contributed by atoms with Crippen LogP contribution in [-0.4, -0.2) is 22.8 Å². The SMILES string of the molecule is CCOC(=O)c1ccc(Oc2cc(Cl)nnc2Cl)cc1. The summed E-state index contributed by atoms with van der Waals surface area (Å²) in [6.07, 6.45) is 0. The molecular formula is C13H10Cl2N2O3. The third-order valence-electron chi connectivity index (χ3n) is 2.28. The molecule has 104 valence electrons. The van der Waals surface area contributed by atoms with Crippen molar-refractivity contribution < 1.29 is 14.3 Å². The summed E-state index contributed by atoms with van der Waals surface area (Å²) in [5, 5.41) is 7.48. The van der Waals surface area contributed by atoms with Gasteiger partial charge in [-0.1, -0.05) is 23.2 Å². The highest BCUT2D eigenvalue weighted by Gasteiger charge is 2.09. The number of benzene rings is 1. The summed E-state index contributed by atoms with van der Waals surface area (Å²) in [6.45, 7) is 2.07. The molecule has 2 aromatic rings. The molecular weight excluding hydrogens is 303 g/mol. The molecule has 0 aliphatic carbocycles. The summed E-state index contributed by atoms with van der Waals surface area (Å²) in [4.78, 5) is 11.5. The minimum Gasteiger partial charge on any atom is -0.462 e. The van der Waals surface area contributed by atoms with E-state index in [2.05, 4.69) is 10.2 Å². The first-order valence-corrected chi connectivity index (χ1v) is 6.49. The lowest BCUT2D eigenvalue weighted by Crippen LogP contribution is -2.04. The predicted molar refractivity (Wildman–Crippen MR) is 74.5 cm³/mol. The van der Waals surface area contributed by atoms with E-state index >= 15 is 0 Å². The van der Waals surface area contributed by atoms with Gasteiger partial charge in [0, 0.05) is 6.07 Å². The largest absolute Gasteiger partial charge is 0.462 e. The summed E-state index contributed by atoms with van der Waals surface area (Å²) >= 11 is 11.5. The second kappa shape index (κ2) is 6.54. The van der Waals surface area contributed by atoms with Gasteiger partial charge in [-0.3, -0.25) is 0 Å². The van der Waals surface area contributed by atoms with Crippen molar-refractivity contribution in [2.24, 2.45) is 0 Å². The molecule has 1 aromatic carbocycles. The lowest BCUT2D eigenvalue weighted by atomic mass is 10.2. The van der Waals surface area contributed by atoms with Crippen molar-refractivity contribution in [3.05, 3.63) is 46.2 Å². The van der Waals surface area contributed by atoms with Crippen LogP contribution in [0.1, 0.15) is 17.3 Å². The number of esters is 1. The summed E-state index contributed by atoms with van der Waals surface area (Å²) < 4.78 is 10.4. The van der Waals surface area contributed by atoms with Gasteiger partial charge in [0.15, 0.2) is 16.1 Å². The van der Waals surface area contributed by atoms with Crippen molar-refractivity contribution in [3.63, 3.8) is 0 Å². The number of carbonyl (C=O) groups is 1. The fraction of sp³-hybridized carbons (Fsp3) is 0.154. The average molecular weight is 313 g/mol. The molecule has 20 heavy (non-hydrogen) atoms. The molecule has 0 saturated heterocycles. The van der Waals surface area contributed by atoms with Crippen molar-refractivity contribution in [3.8, 4) is 11.5 Å². The van der Waals surface area contributed by atoms with E-state index in [4.69, 9.17) is 32.7 Å². The topological polar surface area (TPSA) is 61.3 Å². The Hall–Kier alpha value is -1.85. The third-order valence-corrected chi connectivity index (χ3v) is 2.73. The number of halogens is 2. The average Bonchev–Trinajstić information content (AvgIpc) is 2.44. The van der Waals surface area contributed by atoms with Gasteiger partial charge in [0.25, 0.3) is 0 Å². The molecule has 0 unspecified atom stereocenters. The Balaban J connectivity index is 2.14. The maximum absolute atomic E-state index is 11.5. The second-order valence-electron chi connectivity index (χ2n) is 3.67. The van der Waals surface area contributed by atoms with Crippen LogP contribution in [0.2, 0.25) is 10.3 Å². The summed E-state index contributed by atoms with van der Waals surface area (Å²) in [5.41, 5.74) is 0.441. The number of rotatable bonds is 4. The number of hydrogen-bond donors (Lipinski definition) is 0. The minimum absolute atomic E-state index is 0.101. The Morgan fingerprint density at radius 3 is 2.55 bits per heavy atom. The number of aromatic nitrogens is 2. The van der Waals surface area contributed by atoms with Gasteiger partial charge in [-0.15, -0.1) is 10.2 Å². The van der Waals surface area contributed by atoms with Crippen molar-refractivity contribution in [2.75, 3.05) is 6.61 Å². The molecule has 0 radical (unpaired) electrons. The van der Waals surface area contributed by atoms with Crippen molar-refractivity contribution >= 4 is 29.2 Å². The van der Waals surface area contributed by atoms with Crippen LogP contribution in [0.4, 0.5) is 0 Å². The molecule has 5 nitrogen and oxygen atoms in total. The van der Waals surface area contributed by atoms with E-state index in [-0.39, 0.29) is 22.0 Å². The molecule has 0 fully saturated rings. The van der Waals surface area contributed by atoms with Gasteiger partial charge in [-0.05, 0) is 31.2 Å². The zero-order valence-corrected chi connectivity index (χ0v) is 12.0. The van der Waals surface area contributed by atoms with Gasteiger partial charge in [-0.2, -0.15) is 0 Å². The van der Waals surface area contributed by atoms with Crippen molar-refractivity contribution in [1.29, 1.82) is 0 Å². The van der Waals surface area contributed by atoms with Gasteiger partial charge in [0.2, 0.25) is 0 Å². The predicted octanol–water partition coefficient (Wildman–Crippen LogP) is 3.75. The third kappa shape index (κ3) is 3.59. The van der Waals surface area contributed by atoms with Crippen LogP contribution >= 0.6 is 23.2 Å². The highest BCUT2D eigenvalue weighted by atomic mass is 35.5. The Morgan fingerprint density at radius 1 is 1.20 bits per heavy atom. The first-order valence-electron chi connectivity index (χ1n) is 5.74. The minimum atomic E-state index is -0.384. The van der Waals surface area contributed by atoms with Crippen LogP contribution < -0.4 is 4.74 Å². The Labute approximate surface area is 125 Å². The Morgan fingerprint density at radius 2 is 1.90 bits per heavy atom. The molecule has 0 spiro atoms. The highest BCUT2D eigenvalue weighted by molar-refractivity contribution is 6.32. The molecule has 1 aromatic heterocycles. The van der Waals surface area contributed by atoms with Gasteiger partial charge < -0.3 is 9.47 Å². The number of hydrogen-bond acceptors (Lipinski definition) is 5. The molecule has 0 saturated carbocycles. The van der Waals surface area contributed by atoms with E-state index in [1.807, 2.05) is 0 Å². The lowest BCUT2D eigenvalue weighted by Gasteiger charge is -2.07. The zero-order chi connectivity index (χ0) is 14.5. The van der Waals surface area contributed by atoms with Gasteiger partial charge in [0.05, 0.1) is 12.2 Å². The molecule has 2 rings (SSSR count). The number of nitrogens with zero attached hydrogens (tertiary/aromatic N) is 2. The van der Waals surface area contributed by atoms with Gasteiger partial charge >= 0.3 is 5.97 Å². The standard InChI is InChI=1S/C13H10Cl2N2O3/c1-2-19-13(18)8-3-5-9(6-4-8)20-10-7-11(14)16-17-12(10)15/h3-7H,2H2,1H3. The Kier molecular flexibility index (Phi) is 4.76. The molecule has 0 bridgehead atoms. The number of carbonyl (C=O) groups excluding carboxylic acids is 1. The van der Waals surface area contributed by atoms with E-state index in [0.717, 1.165) is 0 Å². The van der Waals surface area contributed by atoms with E-state index in [1.165, 1.54) is 6.07 Å². The van der Waals surface area contributed by atoms with Crippen LogP contribution in [0.3, 0.4) is 0 Å². The van der Waals surface area contributed by atoms with Crippen LogP contribution in [0.5, 0.6) is 11.5 Å². The second-order valence-corrected chi connectivity index (χ2v) is 4.41. The molecule has 1 heterocycles. The van der Waals surface area contributed by atoms with Crippen LogP contribution in [0, 0.1) is 0 Å². The molecule has 0 aliphatic rings. The summed E-state index contributed by atoms with van der Waals surface area (Å²) in [6, 6.07) is 7.89. The normalized spacial score (nSPS) is 10.2. The van der Waals surface area contributed by atoms with Crippen molar-refractivity contribution in [2.45, 2.75) is 6.92 Å². The summed E-state index contributed by atoms with van der Waals surface area (Å²) in [5.74, 6) is 0.394. The van der Waals surface area contributed by atoms with Crippen LogP contribution in [0.15, 0.2) is 30.3 Å². The molecule has 0 amide bonds. The monoisotopic (exact) mass is 312 g/mol. The maximum Gasteiger partial charge on any atom is 0.338 e. The summed E-state index contributed by atoms with van der Waals surface area (Å²) in [7, 11) is 0. The fourth-order valence-electron chi connectivity index (χ4n) is 1.41. The maximum atomic E-state index is 11.5. The quantitative estimate of drug-likeness (QED) is 0.804. The highest BCUT2D eigenvalue weighted by Crippen LogP contribution is 2.28. The molecule has 0 aliphatic heterocycles. The first kappa shape index (κ1) is 14.6. The molecule has 0 atom stereocenters. The molecule has 7 heteroatoms. The zero-order valence-electron chi connectivity index (χ0n) is 10.5.